The summed E-state index contributed by atoms with van der Waals surface area (Å²) in [4.78, 5) is 21.2. The summed E-state index contributed by atoms with van der Waals surface area (Å²) in [6, 6.07) is 0. The quantitative estimate of drug-likeness (QED) is 0.388. The van der Waals surface area contributed by atoms with E-state index in [2.05, 4.69) is 9.68 Å². The predicted molar refractivity (Wildman–Crippen MR) is 42.2 cm³/mol. The highest BCUT2D eigenvalue weighted by molar-refractivity contribution is 5.77. The highest BCUT2D eigenvalue weighted by Gasteiger charge is 2.23. The van der Waals surface area contributed by atoms with Crippen LogP contribution in [-0.2, 0) is 4.79 Å². The Morgan fingerprint density at radius 3 is 3.00 bits per heavy atom. The molecule has 0 bridgehead atoms. The lowest BCUT2D eigenvalue weighted by Crippen LogP contribution is -2.21. The summed E-state index contributed by atoms with van der Waals surface area (Å²) >= 11 is 0. The predicted octanol–water partition coefficient (Wildman–Crippen LogP) is 0.565. The fourth-order valence-electron chi connectivity index (χ4n) is 0.824. The highest BCUT2D eigenvalue weighted by Crippen LogP contribution is 2.24. The maximum atomic E-state index is 10.4. The second-order valence-corrected chi connectivity index (χ2v) is 2.17. The van der Waals surface area contributed by atoms with Crippen molar-refractivity contribution in [3.8, 4) is 0 Å². The van der Waals surface area contributed by atoms with Gasteiger partial charge in [-0.15, -0.1) is 0 Å². The van der Waals surface area contributed by atoms with Crippen molar-refractivity contribution < 1.29 is 14.2 Å². The SMILES string of the molecule is CCN(C=O)c1nocc1[N+](=O)[O-]. The fraction of sp³-hybridized carbons (Fsp3) is 0.333. The number of rotatable bonds is 4. The Labute approximate surface area is 73.1 Å². The van der Waals surface area contributed by atoms with Crippen molar-refractivity contribution in [1.82, 2.24) is 5.16 Å². The molecule has 1 rings (SSSR count). The molecule has 1 aromatic rings. The number of nitro groups is 1. The van der Waals surface area contributed by atoms with Gasteiger partial charge in [0.2, 0.25) is 12.7 Å². The van der Waals surface area contributed by atoms with E-state index in [1.54, 1.807) is 6.92 Å². The largest absolute Gasteiger partial charge is 0.355 e. The molecule has 0 aromatic carbocycles. The van der Waals surface area contributed by atoms with Crippen LogP contribution in [0.1, 0.15) is 6.92 Å². The summed E-state index contributed by atoms with van der Waals surface area (Å²) in [5.74, 6) is -0.0671. The van der Waals surface area contributed by atoms with E-state index in [1.807, 2.05) is 0 Å². The molecule has 0 unspecified atom stereocenters. The van der Waals surface area contributed by atoms with Gasteiger partial charge in [0.15, 0.2) is 0 Å². The Balaban J connectivity index is 3.05. The van der Waals surface area contributed by atoms with Crippen molar-refractivity contribution >= 4 is 17.9 Å². The number of nitrogens with zero attached hydrogens (tertiary/aromatic N) is 3. The number of anilines is 1. The normalized spacial score (nSPS) is 9.62. The van der Waals surface area contributed by atoms with E-state index >= 15 is 0 Å². The van der Waals surface area contributed by atoms with Crippen LogP contribution in [-0.4, -0.2) is 23.0 Å². The number of hydrogen-bond donors (Lipinski definition) is 0. The van der Waals surface area contributed by atoms with E-state index in [-0.39, 0.29) is 11.5 Å². The molecule has 0 saturated carbocycles. The smallest absolute Gasteiger partial charge is 0.352 e. The molecule has 0 atom stereocenters. The van der Waals surface area contributed by atoms with Crippen molar-refractivity contribution in [3.05, 3.63) is 16.4 Å². The minimum Gasteiger partial charge on any atom is -0.355 e. The van der Waals surface area contributed by atoms with Gasteiger partial charge in [0.05, 0.1) is 4.92 Å². The first-order valence-corrected chi connectivity index (χ1v) is 3.51. The van der Waals surface area contributed by atoms with Crippen LogP contribution in [0, 0.1) is 10.1 Å². The molecule has 0 N–H and O–H groups in total. The van der Waals surface area contributed by atoms with Gasteiger partial charge in [0, 0.05) is 6.54 Å². The molecule has 7 heteroatoms. The zero-order valence-electron chi connectivity index (χ0n) is 6.84. The molecule has 0 aliphatic heterocycles. The Kier molecular flexibility index (Phi) is 2.58. The van der Waals surface area contributed by atoms with Gasteiger partial charge in [-0.25, -0.2) is 0 Å². The summed E-state index contributed by atoms with van der Waals surface area (Å²) in [5, 5.41) is 13.7. The Morgan fingerprint density at radius 1 is 1.85 bits per heavy atom. The number of carbonyl (C=O) groups is 1. The second-order valence-electron chi connectivity index (χ2n) is 2.17. The van der Waals surface area contributed by atoms with Gasteiger partial charge < -0.3 is 4.52 Å². The van der Waals surface area contributed by atoms with Gasteiger partial charge in [0.1, 0.15) is 0 Å². The van der Waals surface area contributed by atoms with Gasteiger partial charge in [0.25, 0.3) is 5.82 Å². The van der Waals surface area contributed by atoms with E-state index in [9.17, 15) is 14.9 Å². The van der Waals surface area contributed by atoms with E-state index in [4.69, 9.17) is 0 Å². The summed E-state index contributed by atoms with van der Waals surface area (Å²) in [6.45, 7) is 1.98. The van der Waals surface area contributed by atoms with E-state index < -0.39 is 4.92 Å². The topological polar surface area (TPSA) is 89.5 Å². The van der Waals surface area contributed by atoms with Crippen LogP contribution in [0.2, 0.25) is 0 Å². The van der Waals surface area contributed by atoms with Gasteiger partial charge in [-0.05, 0) is 6.92 Å². The van der Waals surface area contributed by atoms with Crippen LogP contribution in [0.5, 0.6) is 0 Å². The Morgan fingerprint density at radius 2 is 2.54 bits per heavy atom. The molecule has 1 aromatic heterocycles. The third kappa shape index (κ3) is 1.63. The number of amides is 1. The average Bonchev–Trinajstić information content (AvgIpc) is 2.55. The minimum absolute atomic E-state index is 0.0671. The lowest BCUT2D eigenvalue weighted by molar-refractivity contribution is -0.384. The van der Waals surface area contributed by atoms with E-state index in [0.717, 1.165) is 11.2 Å². The Hall–Kier alpha value is -1.92. The van der Waals surface area contributed by atoms with Gasteiger partial charge in [-0.3, -0.25) is 19.8 Å². The molecular weight excluding hydrogens is 178 g/mol. The van der Waals surface area contributed by atoms with Gasteiger partial charge >= 0.3 is 5.69 Å². The molecule has 70 valence electrons. The monoisotopic (exact) mass is 185 g/mol. The molecule has 7 nitrogen and oxygen atoms in total. The first kappa shape index (κ1) is 9.17. The van der Waals surface area contributed by atoms with Crippen LogP contribution in [0.15, 0.2) is 10.8 Å². The van der Waals surface area contributed by atoms with Crippen molar-refractivity contribution in [2.75, 3.05) is 11.4 Å². The van der Waals surface area contributed by atoms with Crippen molar-refractivity contribution in [2.24, 2.45) is 0 Å². The van der Waals surface area contributed by atoms with Crippen LogP contribution < -0.4 is 4.90 Å². The first-order chi connectivity index (χ1) is 6.20. The summed E-state index contributed by atoms with van der Waals surface area (Å²) in [7, 11) is 0. The van der Waals surface area contributed by atoms with Crippen LogP contribution in [0.3, 0.4) is 0 Å². The lowest BCUT2D eigenvalue weighted by Gasteiger charge is -2.08. The van der Waals surface area contributed by atoms with Gasteiger partial charge in [-0.2, -0.15) is 0 Å². The number of hydrogen-bond acceptors (Lipinski definition) is 5. The third-order valence-electron chi connectivity index (χ3n) is 1.47. The summed E-state index contributed by atoms with van der Waals surface area (Å²) < 4.78 is 4.40. The van der Waals surface area contributed by atoms with Crippen molar-refractivity contribution in [2.45, 2.75) is 6.92 Å². The Bertz CT molecular complexity index is 321. The van der Waals surface area contributed by atoms with E-state index in [0.29, 0.717) is 13.0 Å². The third-order valence-corrected chi connectivity index (χ3v) is 1.47. The minimum atomic E-state index is -0.655. The maximum absolute atomic E-state index is 10.4. The zero-order chi connectivity index (χ0) is 9.84. The van der Waals surface area contributed by atoms with Crippen LogP contribution in [0.4, 0.5) is 11.5 Å². The molecule has 0 fully saturated rings. The molecule has 0 radical (unpaired) electrons. The molecule has 0 saturated heterocycles. The average molecular weight is 185 g/mol. The standard InChI is InChI=1S/C6H7N3O4/c1-2-8(4-10)6-5(9(11)12)3-13-7-6/h3-4H,2H2,1H3. The lowest BCUT2D eigenvalue weighted by atomic mass is 10.5. The van der Waals surface area contributed by atoms with Crippen molar-refractivity contribution in [1.29, 1.82) is 0 Å². The molecule has 0 aliphatic carbocycles. The molecule has 1 heterocycles. The molecular formula is C6H7N3O4. The summed E-state index contributed by atoms with van der Waals surface area (Å²) in [5.41, 5.74) is -0.311. The molecule has 0 spiro atoms. The first-order valence-electron chi connectivity index (χ1n) is 3.51. The fourth-order valence-corrected chi connectivity index (χ4v) is 0.824. The van der Waals surface area contributed by atoms with Gasteiger partial charge in [-0.1, -0.05) is 5.16 Å². The number of carbonyl (C=O) groups excluding carboxylic acids is 1. The van der Waals surface area contributed by atoms with Crippen LogP contribution in [0.25, 0.3) is 0 Å². The molecule has 13 heavy (non-hydrogen) atoms. The zero-order valence-corrected chi connectivity index (χ0v) is 6.84. The number of aromatic nitrogens is 1. The second kappa shape index (κ2) is 3.65. The van der Waals surface area contributed by atoms with Crippen molar-refractivity contribution in [3.63, 3.8) is 0 Å². The highest BCUT2D eigenvalue weighted by atomic mass is 16.6. The van der Waals surface area contributed by atoms with E-state index in [1.165, 1.54) is 0 Å². The molecule has 1 amide bonds. The summed E-state index contributed by atoms with van der Waals surface area (Å²) in [6.07, 6.45) is 1.35. The van der Waals surface area contributed by atoms with Crippen LogP contribution >= 0.6 is 0 Å². The molecule has 0 aliphatic rings. The maximum Gasteiger partial charge on any atom is 0.352 e.